The number of aryl methyl sites for hydroxylation is 2. The lowest BCUT2D eigenvalue weighted by molar-refractivity contribution is -0.140. The molecule has 1 heterocycles. The zero-order valence-electron chi connectivity index (χ0n) is 10.4. The zero-order valence-corrected chi connectivity index (χ0v) is 10.4. The predicted molar refractivity (Wildman–Crippen MR) is 64.6 cm³/mol. The lowest BCUT2D eigenvalue weighted by Gasteiger charge is -2.30. The molecule has 0 amide bonds. The van der Waals surface area contributed by atoms with Gasteiger partial charge in [0.15, 0.2) is 5.78 Å². The van der Waals surface area contributed by atoms with Crippen molar-refractivity contribution < 1.29 is 9.90 Å². The van der Waals surface area contributed by atoms with Crippen LogP contribution >= 0.6 is 0 Å². The van der Waals surface area contributed by atoms with E-state index in [9.17, 15) is 9.90 Å². The van der Waals surface area contributed by atoms with E-state index < -0.39 is 5.60 Å². The maximum atomic E-state index is 12.0. The molecule has 17 heavy (non-hydrogen) atoms. The van der Waals surface area contributed by atoms with Crippen LogP contribution in [0.15, 0.2) is 12.4 Å². The molecule has 0 aliphatic heterocycles. The summed E-state index contributed by atoms with van der Waals surface area (Å²) < 4.78 is 1.73. The first kappa shape index (κ1) is 12.3. The van der Waals surface area contributed by atoms with Gasteiger partial charge in [-0.05, 0) is 24.8 Å². The maximum absolute atomic E-state index is 12.0. The van der Waals surface area contributed by atoms with Gasteiger partial charge >= 0.3 is 0 Å². The Balaban J connectivity index is 1.88. The zero-order chi connectivity index (χ0) is 12.3. The molecule has 1 fully saturated rings. The first-order valence-corrected chi connectivity index (χ1v) is 6.33. The molecule has 1 saturated carbocycles. The Hall–Kier alpha value is -1.16. The molecule has 0 unspecified atom stereocenters. The van der Waals surface area contributed by atoms with E-state index in [1.807, 2.05) is 13.2 Å². The van der Waals surface area contributed by atoms with Crippen molar-refractivity contribution in [1.82, 2.24) is 9.78 Å². The van der Waals surface area contributed by atoms with Crippen LogP contribution in [0.3, 0.4) is 0 Å². The van der Waals surface area contributed by atoms with Crippen LogP contribution < -0.4 is 0 Å². The second kappa shape index (κ2) is 5.00. The predicted octanol–water partition coefficient (Wildman–Crippen LogP) is 1.62. The highest BCUT2D eigenvalue weighted by Crippen LogP contribution is 2.30. The molecular formula is C13H20N2O2. The summed E-state index contributed by atoms with van der Waals surface area (Å²) >= 11 is 0. The van der Waals surface area contributed by atoms with Gasteiger partial charge in [0.2, 0.25) is 0 Å². The highest BCUT2D eigenvalue weighted by molar-refractivity contribution is 5.87. The third-order valence-corrected chi connectivity index (χ3v) is 3.60. The molecule has 0 radical (unpaired) electrons. The van der Waals surface area contributed by atoms with E-state index in [1.165, 1.54) is 0 Å². The quantitative estimate of drug-likeness (QED) is 0.864. The van der Waals surface area contributed by atoms with E-state index in [1.54, 1.807) is 10.9 Å². The Kier molecular flexibility index (Phi) is 3.62. The average molecular weight is 236 g/mol. The van der Waals surface area contributed by atoms with Crippen molar-refractivity contribution in [2.24, 2.45) is 7.05 Å². The molecule has 0 bridgehead atoms. The topological polar surface area (TPSA) is 55.1 Å². The summed E-state index contributed by atoms with van der Waals surface area (Å²) in [6.07, 6.45) is 9.13. The second-order valence-corrected chi connectivity index (χ2v) is 5.04. The summed E-state index contributed by atoms with van der Waals surface area (Å²) in [5.41, 5.74) is 0.0146. The molecule has 0 spiro atoms. The van der Waals surface area contributed by atoms with Crippen LogP contribution in [0, 0.1) is 0 Å². The summed E-state index contributed by atoms with van der Waals surface area (Å²) in [6, 6.07) is 0. The molecule has 1 aliphatic rings. The van der Waals surface area contributed by atoms with Gasteiger partial charge in [0.25, 0.3) is 0 Å². The Morgan fingerprint density at radius 2 is 2.18 bits per heavy atom. The molecule has 94 valence electrons. The van der Waals surface area contributed by atoms with Crippen LogP contribution in [0.25, 0.3) is 0 Å². The number of rotatable bonds is 4. The van der Waals surface area contributed by atoms with Crippen molar-refractivity contribution in [3.63, 3.8) is 0 Å². The van der Waals surface area contributed by atoms with Crippen LogP contribution in [0.5, 0.6) is 0 Å². The lowest BCUT2D eigenvalue weighted by Crippen LogP contribution is -2.40. The van der Waals surface area contributed by atoms with Gasteiger partial charge < -0.3 is 5.11 Å². The molecule has 0 aromatic carbocycles. The number of nitrogens with zero attached hydrogens (tertiary/aromatic N) is 2. The van der Waals surface area contributed by atoms with Crippen molar-refractivity contribution in [2.75, 3.05) is 0 Å². The highest BCUT2D eigenvalue weighted by Gasteiger charge is 2.35. The molecule has 1 aliphatic carbocycles. The average Bonchev–Trinajstić information content (AvgIpc) is 2.73. The monoisotopic (exact) mass is 236 g/mol. The first-order chi connectivity index (χ1) is 8.10. The smallest absolute Gasteiger partial charge is 0.164 e. The largest absolute Gasteiger partial charge is 0.382 e. The van der Waals surface area contributed by atoms with E-state index in [0.29, 0.717) is 25.7 Å². The number of aliphatic hydroxyl groups is 1. The molecule has 2 rings (SSSR count). The minimum Gasteiger partial charge on any atom is -0.382 e. The minimum absolute atomic E-state index is 0.000975. The van der Waals surface area contributed by atoms with Crippen LogP contribution in [0.4, 0.5) is 0 Å². The number of hydrogen-bond donors (Lipinski definition) is 1. The normalized spacial score (nSPS) is 19.2. The fourth-order valence-electron chi connectivity index (χ4n) is 2.51. The second-order valence-electron chi connectivity index (χ2n) is 5.04. The number of carbonyl (C=O) groups excluding carboxylic acids is 1. The van der Waals surface area contributed by atoms with Gasteiger partial charge in [-0.3, -0.25) is 9.48 Å². The molecule has 4 heteroatoms. The van der Waals surface area contributed by atoms with Crippen LogP contribution in [0.2, 0.25) is 0 Å². The van der Waals surface area contributed by atoms with Crippen molar-refractivity contribution in [2.45, 2.75) is 50.5 Å². The first-order valence-electron chi connectivity index (χ1n) is 6.33. The van der Waals surface area contributed by atoms with E-state index >= 15 is 0 Å². The minimum atomic E-state index is -1.04. The summed E-state index contributed by atoms with van der Waals surface area (Å²) in [4.78, 5) is 12.0. The molecular weight excluding hydrogens is 216 g/mol. The van der Waals surface area contributed by atoms with Crippen molar-refractivity contribution in [1.29, 1.82) is 0 Å². The number of hydrogen-bond acceptors (Lipinski definition) is 3. The molecule has 1 aromatic heterocycles. The van der Waals surface area contributed by atoms with Gasteiger partial charge in [-0.1, -0.05) is 19.3 Å². The number of ketones is 1. The number of Topliss-reactive ketones (excluding diaryl/α,β-unsaturated/α-hetero) is 1. The number of carbonyl (C=O) groups is 1. The molecule has 4 nitrogen and oxygen atoms in total. The maximum Gasteiger partial charge on any atom is 0.164 e. The summed E-state index contributed by atoms with van der Waals surface area (Å²) in [7, 11) is 1.86. The standard InChI is InChI=1S/C13H20N2O2/c1-15-10-11(9-14-15)5-6-12(16)13(17)7-3-2-4-8-13/h9-10,17H,2-8H2,1H3. The van der Waals surface area contributed by atoms with Crippen molar-refractivity contribution in [3.05, 3.63) is 18.0 Å². The van der Waals surface area contributed by atoms with E-state index in [2.05, 4.69) is 5.10 Å². The molecule has 0 atom stereocenters. The third-order valence-electron chi connectivity index (χ3n) is 3.60. The Morgan fingerprint density at radius 1 is 1.47 bits per heavy atom. The summed E-state index contributed by atoms with van der Waals surface area (Å²) in [5.74, 6) is 0.000975. The van der Waals surface area contributed by atoms with Gasteiger partial charge in [-0.15, -0.1) is 0 Å². The molecule has 1 N–H and O–H groups in total. The fourth-order valence-corrected chi connectivity index (χ4v) is 2.51. The van der Waals surface area contributed by atoms with E-state index in [4.69, 9.17) is 0 Å². The fraction of sp³-hybridized carbons (Fsp3) is 0.692. The summed E-state index contributed by atoms with van der Waals surface area (Å²) in [5, 5.41) is 14.3. The molecule has 0 saturated heterocycles. The lowest BCUT2D eigenvalue weighted by atomic mass is 9.80. The van der Waals surface area contributed by atoms with E-state index in [-0.39, 0.29) is 5.78 Å². The van der Waals surface area contributed by atoms with Crippen LogP contribution in [0.1, 0.15) is 44.1 Å². The van der Waals surface area contributed by atoms with Gasteiger partial charge in [-0.25, -0.2) is 0 Å². The summed E-state index contributed by atoms with van der Waals surface area (Å²) in [6.45, 7) is 0. The van der Waals surface area contributed by atoms with Gasteiger partial charge in [-0.2, -0.15) is 5.10 Å². The van der Waals surface area contributed by atoms with E-state index in [0.717, 1.165) is 24.8 Å². The van der Waals surface area contributed by atoms with Crippen molar-refractivity contribution >= 4 is 5.78 Å². The Labute approximate surface area is 102 Å². The van der Waals surface area contributed by atoms with Gasteiger partial charge in [0.1, 0.15) is 5.60 Å². The van der Waals surface area contributed by atoms with Gasteiger partial charge in [0.05, 0.1) is 6.20 Å². The van der Waals surface area contributed by atoms with Crippen molar-refractivity contribution in [3.8, 4) is 0 Å². The van der Waals surface area contributed by atoms with Gasteiger partial charge in [0, 0.05) is 19.7 Å². The van der Waals surface area contributed by atoms with Crippen LogP contribution in [-0.4, -0.2) is 26.3 Å². The SMILES string of the molecule is Cn1cc(CCC(=O)C2(O)CCCCC2)cn1. The molecule has 1 aromatic rings. The third kappa shape index (κ3) is 2.94. The highest BCUT2D eigenvalue weighted by atomic mass is 16.3. The Morgan fingerprint density at radius 3 is 2.76 bits per heavy atom. The Bertz CT molecular complexity index is 392. The van der Waals surface area contributed by atoms with Crippen LogP contribution in [-0.2, 0) is 18.3 Å². The number of aromatic nitrogens is 2.